The lowest BCUT2D eigenvalue weighted by Gasteiger charge is -2.04. The Morgan fingerprint density at radius 1 is 1.36 bits per heavy atom. The molecule has 0 radical (unpaired) electrons. The van der Waals surface area contributed by atoms with Crippen molar-refractivity contribution in [2.24, 2.45) is 0 Å². The molecule has 1 aliphatic rings. The van der Waals surface area contributed by atoms with E-state index in [1.165, 1.54) is 0 Å². The average Bonchev–Trinajstić information content (AvgIpc) is 2.70. The van der Waals surface area contributed by atoms with E-state index in [0.717, 1.165) is 11.3 Å². The molecule has 0 aromatic carbocycles. The smallest absolute Gasteiger partial charge is 0.139 e. The van der Waals surface area contributed by atoms with E-state index in [-0.39, 0.29) is 5.57 Å². The van der Waals surface area contributed by atoms with Crippen molar-refractivity contribution >= 4 is 0 Å². The fraction of sp³-hybridized carbons (Fsp3) is 0.250. The number of nitrogens with zero attached hydrogens (tertiary/aromatic N) is 3. The van der Waals surface area contributed by atoms with Crippen LogP contribution >= 0.6 is 0 Å². The van der Waals surface area contributed by atoms with Gasteiger partial charge in [-0.2, -0.15) is 10.5 Å². The molecule has 54 valence electrons. The van der Waals surface area contributed by atoms with Crippen LogP contribution in [0.4, 0.5) is 0 Å². The molecule has 0 saturated heterocycles. The molecule has 0 bridgehead atoms. The van der Waals surface area contributed by atoms with Crippen LogP contribution in [-0.4, -0.2) is 19.0 Å². The number of hydrogen-bond acceptors (Lipinski definition) is 3. The van der Waals surface area contributed by atoms with Gasteiger partial charge in [0.1, 0.15) is 17.7 Å². The molecule has 1 rings (SSSR count). The third-order valence-electron chi connectivity index (χ3n) is 1.45. The predicted molar refractivity (Wildman–Crippen MR) is 40.0 cm³/mol. The largest absolute Gasteiger partial charge is 0.377 e. The third kappa shape index (κ3) is 1.22. The molecule has 0 aromatic rings. The van der Waals surface area contributed by atoms with Crippen LogP contribution in [0.25, 0.3) is 0 Å². The maximum absolute atomic E-state index is 8.45. The summed E-state index contributed by atoms with van der Waals surface area (Å²) >= 11 is 0. The molecule has 0 unspecified atom stereocenters. The summed E-state index contributed by atoms with van der Waals surface area (Å²) in [5.41, 5.74) is 1.96. The molecular weight excluding hydrogens is 138 g/mol. The lowest BCUT2D eigenvalue weighted by molar-refractivity contribution is 0.544. The number of likely N-dealkylation sites (N-methyl/N-ethyl adjacent to an activating group) is 1. The van der Waals surface area contributed by atoms with Gasteiger partial charge in [0, 0.05) is 25.4 Å². The predicted octanol–water partition coefficient (Wildman–Crippen LogP) is 0.789. The summed E-state index contributed by atoms with van der Waals surface area (Å²) < 4.78 is 0. The number of rotatable bonds is 1. The number of nitriles is 2. The Hall–Kier alpha value is -1.74. The van der Waals surface area contributed by atoms with Crippen LogP contribution in [0.5, 0.6) is 0 Å². The minimum Gasteiger partial charge on any atom is -0.377 e. The molecule has 0 heterocycles. The molecule has 0 saturated carbocycles. The van der Waals surface area contributed by atoms with Crippen LogP contribution in [0, 0.1) is 22.7 Å². The van der Waals surface area contributed by atoms with E-state index in [2.05, 4.69) is 0 Å². The lowest BCUT2D eigenvalue weighted by atomic mass is 10.2. The molecular formula is C8H7N3. The van der Waals surface area contributed by atoms with E-state index in [9.17, 15) is 0 Å². The van der Waals surface area contributed by atoms with Gasteiger partial charge >= 0.3 is 0 Å². The Labute approximate surface area is 65.5 Å². The second-order valence-electron chi connectivity index (χ2n) is 2.44. The van der Waals surface area contributed by atoms with Crippen molar-refractivity contribution in [3.05, 3.63) is 22.9 Å². The molecule has 11 heavy (non-hydrogen) atoms. The molecule has 0 spiro atoms. The van der Waals surface area contributed by atoms with Crippen LogP contribution in [-0.2, 0) is 0 Å². The van der Waals surface area contributed by atoms with Gasteiger partial charge in [0.25, 0.3) is 0 Å². The van der Waals surface area contributed by atoms with Crippen molar-refractivity contribution in [2.75, 3.05) is 14.1 Å². The Bertz CT molecular complexity index is 304. The van der Waals surface area contributed by atoms with Crippen molar-refractivity contribution in [1.82, 2.24) is 4.90 Å². The quantitative estimate of drug-likeness (QED) is 0.512. The summed E-state index contributed by atoms with van der Waals surface area (Å²) in [7, 11) is 3.76. The van der Waals surface area contributed by atoms with E-state index in [0.29, 0.717) is 0 Å². The molecule has 0 aliphatic heterocycles. The zero-order valence-electron chi connectivity index (χ0n) is 6.42. The Morgan fingerprint density at radius 2 is 1.91 bits per heavy atom. The highest BCUT2D eigenvalue weighted by molar-refractivity contribution is 5.65. The average molecular weight is 145 g/mol. The first-order valence-corrected chi connectivity index (χ1v) is 3.14. The van der Waals surface area contributed by atoms with Gasteiger partial charge in [-0.3, -0.25) is 0 Å². The molecule has 0 fully saturated rings. The van der Waals surface area contributed by atoms with Gasteiger partial charge in [-0.25, -0.2) is 0 Å². The van der Waals surface area contributed by atoms with Crippen LogP contribution in [0.15, 0.2) is 22.9 Å². The highest BCUT2D eigenvalue weighted by Gasteiger charge is 2.22. The molecule has 3 heteroatoms. The second-order valence-corrected chi connectivity index (χ2v) is 2.44. The first-order chi connectivity index (χ1) is 5.20. The van der Waals surface area contributed by atoms with Gasteiger partial charge in [0.15, 0.2) is 0 Å². The maximum Gasteiger partial charge on any atom is 0.139 e. The van der Waals surface area contributed by atoms with Gasteiger partial charge < -0.3 is 4.90 Å². The Kier molecular flexibility index (Phi) is 1.66. The van der Waals surface area contributed by atoms with E-state index in [4.69, 9.17) is 10.5 Å². The van der Waals surface area contributed by atoms with Gasteiger partial charge in [-0.05, 0) is 6.08 Å². The molecule has 3 nitrogen and oxygen atoms in total. The first-order valence-electron chi connectivity index (χ1n) is 3.14. The second kappa shape index (κ2) is 2.48. The molecule has 0 amide bonds. The molecule has 0 aromatic heterocycles. The number of hydrogen-bond donors (Lipinski definition) is 0. The zero-order valence-corrected chi connectivity index (χ0v) is 6.42. The summed E-state index contributed by atoms with van der Waals surface area (Å²) in [5.74, 6) is 0. The van der Waals surface area contributed by atoms with Gasteiger partial charge in [0.05, 0.1) is 0 Å². The zero-order chi connectivity index (χ0) is 8.43. The summed E-state index contributed by atoms with van der Waals surface area (Å²) in [5, 5.41) is 16.9. The van der Waals surface area contributed by atoms with E-state index in [1.807, 2.05) is 37.2 Å². The normalized spacial score (nSPS) is 12.7. The maximum atomic E-state index is 8.45. The summed E-state index contributed by atoms with van der Waals surface area (Å²) in [6.45, 7) is 0. The standard InChI is InChI=1S/C8H7N3/c1-11(2)8-3-7(8)6(4-9)5-10/h3H,1-2H3. The van der Waals surface area contributed by atoms with Crippen molar-refractivity contribution in [3.8, 4) is 12.1 Å². The van der Waals surface area contributed by atoms with E-state index < -0.39 is 0 Å². The first kappa shape index (κ1) is 7.37. The minimum absolute atomic E-state index is 0.203. The van der Waals surface area contributed by atoms with Crippen LogP contribution in [0.2, 0.25) is 0 Å². The minimum atomic E-state index is 0.203. The van der Waals surface area contributed by atoms with Gasteiger partial charge in [-0.1, -0.05) is 0 Å². The van der Waals surface area contributed by atoms with Crippen molar-refractivity contribution in [3.63, 3.8) is 0 Å². The van der Waals surface area contributed by atoms with Crippen molar-refractivity contribution in [2.45, 2.75) is 0 Å². The lowest BCUT2D eigenvalue weighted by Crippen LogP contribution is -2.03. The topological polar surface area (TPSA) is 50.8 Å². The molecule has 0 N–H and O–H groups in total. The Morgan fingerprint density at radius 3 is 2.18 bits per heavy atom. The molecule has 1 aliphatic carbocycles. The van der Waals surface area contributed by atoms with E-state index >= 15 is 0 Å². The third-order valence-corrected chi connectivity index (χ3v) is 1.45. The fourth-order valence-electron chi connectivity index (χ4n) is 0.816. The van der Waals surface area contributed by atoms with Crippen LogP contribution in [0.3, 0.4) is 0 Å². The highest BCUT2D eigenvalue weighted by atomic mass is 15.1. The van der Waals surface area contributed by atoms with E-state index in [1.54, 1.807) is 0 Å². The SMILES string of the molecule is CN(C)C1=CC1=C(C#N)C#N. The fourth-order valence-corrected chi connectivity index (χ4v) is 0.816. The Balaban J connectivity index is 2.81. The summed E-state index contributed by atoms with van der Waals surface area (Å²) in [6.07, 6.45) is 1.82. The summed E-state index contributed by atoms with van der Waals surface area (Å²) in [4.78, 5) is 1.88. The van der Waals surface area contributed by atoms with Crippen molar-refractivity contribution < 1.29 is 0 Å². The van der Waals surface area contributed by atoms with Crippen LogP contribution < -0.4 is 0 Å². The monoisotopic (exact) mass is 145 g/mol. The van der Waals surface area contributed by atoms with Gasteiger partial charge in [0.2, 0.25) is 0 Å². The van der Waals surface area contributed by atoms with Gasteiger partial charge in [-0.15, -0.1) is 0 Å². The van der Waals surface area contributed by atoms with Crippen molar-refractivity contribution in [1.29, 1.82) is 10.5 Å². The summed E-state index contributed by atoms with van der Waals surface area (Å²) in [6, 6.07) is 3.68. The molecule has 0 atom stereocenters. The highest BCUT2D eigenvalue weighted by Crippen LogP contribution is 2.31. The number of allylic oxidation sites excluding steroid dienone is 3. The van der Waals surface area contributed by atoms with Crippen LogP contribution in [0.1, 0.15) is 0 Å².